The monoisotopic (exact) mass is 229 g/mol. The Morgan fingerprint density at radius 1 is 1.38 bits per heavy atom. The van der Waals surface area contributed by atoms with Gasteiger partial charge in [-0.1, -0.05) is 19.8 Å². The topological polar surface area (TPSA) is 47.6 Å². The Labute approximate surface area is 97.7 Å². The molecule has 0 unspecified atom stereocenters. The van der Waals surface area contributed by atoms with E-state index in [9.17, 15) is 4.79 Å². The van der Waals surface area contributed by atoms with E-state index in [0.717, 1.165) is 18.8 Å². The zero-order valence-corrected chi connectivity index (χ0v) is 10.3. The molecule has 0 radical (unpaired) electrons. The minimum absolute atomic E-state index is 0.00444. The molecule has 0 aromatic carbocycles. The van der Waals surface area contributed by atoms with Gasteiger partial charge in [0, 0.05) is 13.2 Å². The molecule has 16 heavy (non-hydrogen) atoms. The molecule has 94 valence electrons. The molecule has 1 N–H and O–H groups in total. The summed E-state index contributed by atoms with van der Waals surface area (Å²) in [6.07, 6.45) is 4.71. The molecule has 0 spiro atoms. The minimum atomic E-state index is -0.00444. The lowest BCUT2D eigenvalue weighted by molar-refractivity contribution is -0.127. The molecule has 0 heterocycles. The average Bonchev–Trinajstić information content (AvgIpc) is 2.24. The molecule has 0 saturated heterocycles. The molecule has 1 fully saturated rings. The lowest BCUT2D eigenvalue weighted by atomic mass is 9.87. The van der Waals surface area contributed by atoms with E-state index in [1.165, 1.54) is 12.8 Å². The normalized spacial score (nSPS) is 25.4. The SMILES string of the molecule is COCCOCC(=O)N[C@@H]1CCC[C@@H](C)C1. The second-order valence-electron chi connectivity index (χ2n) is 4.58. The first-order chi connectivity index (χ1) is 7.72. The van der Waals surface area contributed by atoms with Crippen molar-refractivity contribution < 1.29 is 14.3 Å². The van der Waals surface area contributed by atoms with Crippen molar-refractivity contribution >= 4 is 5.91 Å². The van der Waals surface area contributed by atoms with E-state index in [1.807, 2.05) is 0 Å². The molecule has 0 bridgehead atoms. The Morgan fingerprint density at radius 2 is 2.19 bits per heavy atom. The van der Waals surface area contributed by atoms with Crippen LogP contribution in [0.1, 0.15) is 32.6 Å². The van der Waals surface area contributed by atoms with E-state index >= 15 is 0 Å². The highest BCUT2D eigenvalue weighted by atomic mass is 16.5. The van der Waals surface area contributed by atoms with Crippen molar-refractivity contribution in [3.63, 3.8) is 0 Å². The van der Waals surface area contributed by atoms with E-state index in [1.54, 1.807) is 7.11 Å². The summed E-state index contributed by atoms with van der Waals surface area (Å²) in [6.45, 7) is 3.40. The van der Waals surface area contributed by atoms with Gasteiger partial charge in [0.15, 0.2) is 0 Å². The number of nitrogens with one attached hydrogen (secondary N) is 1. The fourth-order valence-corrected chi connectivity index (χ4v) is 2.14. The van der Waals surface area contributed by atoms with Crippen LogP contribution >= 0.6 is 0 Å². The zero-order valence-electron chi connectivity index (χ0n) is 10.3. The van der Waals surface area contributed by atoms with Crippen LogP contribution in [0, 0.1) is 5.92 Å². The summed E-state index contributed by atoms with van der Waals surface area (Å²) in [5.74, 6) is 0.726. The van der Waals surface area contributed by atoms with Gasteiger partial charge in [-0.15, -0.1) is 0 Å². The predicted octanol–water partition coefficient (Wildman–Crippen LogP) is 1.34. The summed E-state index contributed by atoms with van der Waals surface area (Å²) in [6, 6.07) is 0.349. The second-order valence-corrected chi connectivity index (χ2v) is 4.58. The number of methoxy groups -OCH3 is 1. The first kappa shape index (κ1) is 13.5. The minimum Gasteiger partial charge on any atom is -0.382 e. The van der Waals surface area contributed by atoms with Gasteiger partial charge in [0.1, 0.15) is 6.61 Å². The maximum absolute atomic E-state index is 11.5. The van der Waals surface area contributed by atoms with Gasteiger partial charge in [0.05, 0.1) is 13.2 Å². The number of ether oxygens (including phenoxy) is 2. The summed E-state index contributed by atoms with van der Waals surface area (Å²) in [7, 11) is 1.62. The van der Waals surface area contributed by atoms with Crippen molar-refractivity contribution in [3.05, 3.63) is 0 Å². The van der Waals surface area contributed by atoms with Crippen LogP contribution in [0.3, 0.4) is 0 Å². The Balaban J connectivity index is 2.08. The quantitative estimate of drug-likeness (QED) is 0.699. The van der Waals surface area contributed by atoms with Gasteiger partial charge in [-0.3, -0.25) is 4.79 Å². The smallest absolute Gasteiger partial charge is 0.246 e. The average molecular weight is 229 g/mol. The van der Waals surface area contributed by atoms with Gasteiger partial charge >= 0.3 is 0 Å². The molecule has 1 aliphatic rings. The molecule has 1 saturated carbocycles. The van der Waals surface area contributed by atoms with Crippen LogP contribution in [0.25, 0.3) is 0 Å². The van der Waals surface area contributed by atoms with Crippen LogP contribution in [0.4, 0.5) is 0 Å². The summed E-state index contributed by atoms with van der Waals surface area (Å²) >= 11 is 0. The molecule has 1 rings (SSSR count). The van der Waals surface area contributed by atoms with E-state index in [2.05, 4.69) is 12.2 Å². The first-order valence-electron chi connectivity index (χ1n) is 6.08. The molecule has 4 heteroatoms. The number of hydrogen-bond donors (Lipinski definition) is 1. The predicted molar refractivity (Wildman–Crippen MR) is 62.3 cm³/mol. The maximum atomic E-state index is 11.5. The molecule has 4 nitrogen and oxygen atoms in total. The van der Waals surface area contributed by atoms with Crippen molar-refractivity contribution in [2.24, 2.45) is 5.92 Å². The molecular formula is C12H23NO3. The van der Waals surface area contributed by atoms with Crippen LogP contribution in [-0.4, -0.2) is 38.9 Å². The second kappa shape index (κ2) is 7.63. The number of amides is 1. The van der Waals surface area contributed by atoms with Crippen LogP contribution < -0.4 is 5.32 Å². The Hall–Kier alpha value is -0.610. The van der Waals surface area contributed by atoms with Gasteiger partial charge in [-0.2, -0.15) is 0 Å². The number of carbonyl (C=O) groups is 1. The molecule has 0 aliphatic heterocycles. The van der Waals surface area contributed by atoms with Crippen molar-refractivity contribution in [3.8, 4) is 0 Å². The lowest BCUT2D eigenvalue weighted by Crippen LogP contribution is -2.40. The number of hydrogen-bond acceptors (Lipinski definition) is 3. The Bertz CT molecular complexity index is 208. The summed E-state index contributed by atoms with van der Waals surface area (Å²) in [5, 5.41) is 3.02. The third-order valence-corrected chi connectivity index (χ3v) is 2.97. The van der Waals surface area contributed by atoms with E-state index in [0.29, 0.717) is 19.3 Å². The highest BCUT2D eigenvalue weighted by molar-refractivity contribution is 5.77. The van der Waals surface area contributed by atoms with Crippen LogP contribution in [0.2, 0.25) is 0 Å². The molecule has 1 amide bonds. The van der Waals surface area contributed by atoms with E-state index in [-0.39, 0.29) is 12.5 Å². The fraction of sp³-hybridized carbons (Fsp3) is 0.917. The molecule has 0 aromatic heterocycles. The van der Waals surface area contributed by atoms with Crippen LogP contribution in [0.5, 0.6) is 0 Å². The highest BCUT2D eigenvalue weighted by Gasteiger charge is 2.20. The van der Waals surface area contributed by atoms with Gasteiger partial charge < -0.3 is 14.8 Å². The largest absolute Gasteiger partial charge is 0.382 e. The Morgan fingerprint density at radius 3 is 2.88 bits per heavy atom. The van der Waals surface area contributed by atoms with Crippen molar-refractivity contribution in [1.29, 1.82) is 0 Å². The van der Waals surface area contributed by atoms with Gasteiger partial charge in [-0.05, 0) is 18.8 Å². The zero-order chi connectivity index (χ0) is 11.8. The van der Waals surface area contributed by atoms with E-state index in [4.69, 9.17) is 9.47 Å². The van der Waals surface area contributed by atoms with Gasteiger partial charge in [0.2, 0.25) is 5.91 Å². The van der Waals surface area contributed by atoms with Crippen molar-refractivity contribution in [2.45, 2.75) is 38.6 Å². The van der Waals surface area contributed by atoms with Crippen molar-refractivity contribution in [1.82, 2.24) is 5.32 Å². The van der Waals surface area contributed by atoms with E-state index < -0.39 is 0 Å². The maximum Gasteiger partial charge on any atom is 0.246 e. The highest BCUT2D eigenvalue weighted by Crippen LogP contribution is 2.23. The summed E-state index contributed by atoms with van der Waals surface area (Å²) in [5.41, 5.74) is 0. The summed E-state index contributed by atoms with van der Waals surface area (Å²) < 4.78 is 10.00. The molecule has 0 aromatic rings. The van der Waals surface area contributed by atoms with Crippen LogP contribution in [0.15, 0.2) is 0 Å². The fourth-order valence-electron chi connectivity index (χ4n) is 2.14. The van der Waals surface area contributed by atoms with Crippen LogP contribution in [-0.2, 0) is 14.3 Å². The molecule has 1 aliphatic carbocycles. The number of carbonyl (C=O) groups excluding carboxylic acids is 1. The number of rotatable bonds is 6. The Kier molecular flexibility index (Phi) is 6.42. The molecular weight excluding hydrogens is 206 g/mol. The van der Waals surface area contributed by atoms with Crippen molar-refractivity contribution in [2.75, 3.05) is 26.9 Å². The summed E-state index contributed by atoms with van der Waals surface area (Å²) in [4.78, 5) is 11.5. The third kappa shape index (κ3) is 5.47. The molecule has 2 atom stereocenters. The van der Waals surface area contributed by atoms with Gasteiger partial charge in [0.25, 0.3) is 0 Å². The first-order valence-corrected chi connectivity index (χ1v) is 6.08. The van der Waals surface area contributed by atoms with Gasteiger partial charge in [-0.25, -0.2) is 0 Å². The lowest BCUT2D eigenvalue weighted by Gasteiger charge is -2.27. The third-order valence-electron chi connectivity index (χ3n) is 2.97. The standard InChI is InChI=1S/C12H23NO3/c1-10-4-3-5-11(8-10)13-12(14)9-16-7-6-15-2/h10-11H,3-9H2,1-2H3,(H,13,14)/t10-,11-/m1/s1.